The molecule has 0 aliphatic rings. The summed E-state index contributed by atoms with van der Waals surface area (Å²) in [5, 5.41) is 11.9. The Morgan fingerprint density at radius 3 is 2.47 bits per heavy atom. The van der Waals surface area contributed by atoms with Gasteiger partial charge in [-0.1, -0.05) is 36.4 Å². The van der Waals surface area contributed by atoms with Crippen LogP contribution in [0.2, 0.25) is 0 Å². The number of nitrogens with one attached hydrogen (secondary N) is 1. The molecule has 0 fully saturated rings. The number of aromatic amines is 1. The smallest absolute Gasteiger partial charge is 0.279 e. The molecule has 3 rings (SSSR count). The topological polar surface area (TPSA) is 58.9 Å². The fourth-order valence-corrected chi connectivity index (χ4v) is 2.48. The van der Waals surface area contributed by atoms with E-state index < -0.39 is 0 Å². The minimum atomic E-state index is -0.331. The van der Waals surface area contributed by atoms with Gasteiger partial charge in [-0.3, -0.25) is 10.1 Å². The summed E-state index contributed by atoms with van der Waals surface area (Å²) in [6.07, 6.45) is 0. The second-order valence-electron chi connectivity index (χ2n) is 4.45. The van der Waals surface area contributed by atoms with Crippen molar-refractivity contribution in [3.8, 4) is 11.1 Å². The van der Waals surface area contributed by atoms with Crippen LogP contribution in [0.25, 0.3) is 22.0 Å². The van der Waals surface area contributed by atoms with E-state index in [0.29, 0.717) is 5.39 Å². The van der Waals surface area contributed by atoms with Crippen LogP contribution < -0.4 is 0 Å². The van der Waals surface area contributed by atoms with Crippen molar-refractivity contribution >= 4 is 16.6 Å². The Morgan fingerprint density at radius 1 is 1.05 bits per heavy atom. The number of hydrogen-bond acceptors (Lipinski definition) is 2. The van der Waals surface area contributed by atoms with Gasteiger partial charge >= 0.3 is 0 Å². The molecule has 4 heteroatoms. The molecule has 0 bridgehead atoms. The lowest BCUT2D eigenvalue weighted by Crippen LogP contribution is -1.89. The zero-order valence-electron chi connectivity index (χ0n) is 10.4. The molecule has 0 saturated heterocycles. The van der Waals surface area contributed by atoms with Crippen molar-refractivity contribution in [2.45, 2.75) is 6.92 Å². The van der Waals surface area contributed by atoms with E-state index in [4.69, 9.17) is 0 Å². The van der Waals surface area contributed by atoms with Crippen LogP contribution in [0.4, 0.5) is 5.69 Å². The van der Waals surface area contributed by atoms with Gasteiger partial charge in [0.15, 0.2) is 0 Å². The molecule has 2 aromatic carbocycles. The Bertz CT molecular complexity index is 760. The first kappa shape index (κ1) is 11.5. The molecule has 3 aromatic rings. The Balaban J connectivity index is 2.42. The largest absolute Gasteiger partial charge is 0.358 e. The Labute approximate surface area is 109 Å². The summed E-state index contributed by atoms with van der Waals surface area (Å²) in [5.74, 6) is 0. The van der Waals surface area contributed by atoms with Crippen molar-refractivity contribution in [2.24, 2.45) is 0 Å². The number of rotatable bonds is 2. The van der Waals surface area contributed by atoms with Gasteiger partial charge in [-0.05, 0) is 18.6 Å². The van der Waals surface area contributed by atoms with Gasteiger partial charge in [0.25, 0.3) is 5.69 Å². The highest BCUT2D eigenvalue weighted by molar-refractivity contribution is 6.03. The van der Waals surface area contributed by atoms with Crippen molar-refractivity contribution in [1.82, 2.24) is 4.98 Å². The third-order valence-corrected chi connectivity index (χ3v) is 3.25. The molecule has 1 aromatic heterocycles. The van der Waals surface area contributed by atoms with Gasteiger partial charge in [0, 0.05) is 17.3 Å². The number of nitro groups is 1. The highest BCUT2D eigenvalue weighted by Crippen LogP contribution is 2.37. The number of fused-ring (bicyclic) bond motifs is 1. The highest BCUT2D eigenvalue weighted by atomic mass is 16.6. The second kappa shape index (κ2) is 4.24. The van der Waals surface area contributed by atoms with Crippen LogP contribution in [0.3, 0.4) is 0 Å². The number of hydrogen-bond donors (Lipinski definition) is 1. The number of aryl methyl sites for hydroxylation is 1. The van der Waals surface area contributed by atoms with E-state index in [1.807, 2.05) is 43.3 Å². The molecule has 0 unspecified atom stereocenters. The molecular weight excluding hydrogens is 240 g/mol. The molecule has 0 aliphatic carbocycles. The summed E-state index contributed by atoms with van der Waals surface area (Å²) in [7, 11) is 0. The first-order chi connectivity index (χ1) is 9.18. The average molecular weight is 252 g/mol. The Hall–Kier alpha value is -2.62. The van der Waals surface area contributed by atoms with Gasteiger partial charge in [0.1, 0.15) is 0 Å². The molecule has 0 saturated carbocycles. The van der Waals surface area contributed by atoms with Crippen LogP contribution in [0, 0.1) is 17.0 Å². The van der Waals surface area contributed by atoms with Gasteiger partial charge in [0.2, 0.25) is 0 Å². The van der Waals surface area contributed by atoms with Crippen LogP contribution in [0.15, 0.2) is 48.5 Å². The van der Waals surface area contributed by atoms with Gasteiger partial charge in [-0.25, -0.2) is 0 Å². The number of benzene rings is 2. The number of H-pyrrole nitrogens is 1. The van der Waals surface area contributed by atoms with E-state index >= 15 is 0 Å². The van der Waals surface area contributed by atoms with Crippen molar-refractivity contribution in [2.75, 3.05) is 0 Å². The molecule has 0 amide bonds. The fraction of sp³-hybridized carbons (Fsp3) is 0.0667. The maximum absolute atomic E-state index is 11.2. The van der Waals surface area contributed by atoms with E-state index in [9.17, 15) is 10.1 Å². The number of nitrogens with zero attached hydrogens (tertiary/aromatic N) is 1. The lowest BCUT2D eigenvalue weighted by molar-refractivity contribution is -0.383. The highest BCUT2D eigenvalue weighted by Gasteiger charge is 2.19. The maximum atomic E-state index is 11.2. The molecular formula is C15H12N2O2. The van der Waals surface area contributed by atoms with Gasteiger partial charge in [-0.15, -0.1) is 0 Å². The fourth-order valence-electron chi connectivity index (χ4n) is 2.48. The summed E-state index contributed by atoms with van der Waals surface area (Å²) < 4.78 is 0. The lowest BCUT2D eigenvalue weighted by Gasteiger charge is -2.02. The lowest BCUT2D eigenvalue weighted by atomic mass is 10.0. The van der Waals surface area contributed by atoms with E-state index in [1.54, 1.807) is 12.1 Å². The number of non-ortho nitro benzene ring substituents is 1. The van der Waals surface area contributed by atoms with Crippen LogP contribution in [0.5, 0.6) is 0 Å². The van der Waals surface area contributed by atoms with Crippen LogP contribution in [-0.4, -0.2) is 9.91 Å². The predicted octanol–water partition coefficient (Wildman–Crippen LogP) is 4.05. The molecule has 0 aliphatic heterocycles. The molecule has 1 heterocycles. The van der Waals surface area contributed by atoms with Crippen molar-refractivity contribution in [3.63, 3.8) is 0 Å². The van der Waals surface area contributed by atoms with Crippen molar-refractivity contribution in [1.29, 1.82) is 0 Å². The number of aromatic nitrogens is 1. The minimum Gasteiger partial charge on any atom is -0.358 e. The van der Waals surface area contributed by atoms with Crippen LogP contribution in [-0.2, 0) is 0 Å². The summed E-state index contributed by atoms with van der Waals surface area (Å²) in [4.78, 5) is 14.1. The molecule has 0 radical (unpaired) electrons. The van der Waals surface area contributed by atoms with E-state index in [1.165, 1.54) is 0 Å². The van der Waals surface area contributed by atoms with Crippen LogP contribution >= 0.6 is 0 Å². The quantitative estimate of drug-likeness (QED) is 0.552. The zero-order chi connectivity index (χ0) is 13.4. The summed E-state index contributed by atoms with van der Waals surface area (Å²) >= 11 is 0. The first-order valence-corrected chi connectivity index (χ1v) is 5.99. The normalized spacial score (nSPS) is 10.8. The van der Waals surface area contributed by atoms with Crippen molar-refractivity contribution < 1.29 is 4.92 Å². The Kier molecular flexibility index (Phi) is 2.56. The number of nitro benzene ring substituents is 1. The summed E-state index contributed by atoms with van der Waals surface area (Å²) in [6.45, 7) is 1.94. The molecule has 0 atom stereocenters. The molecule has 0 spiro atoms. The summed E-state index contributed by atoms with van der Waals surface area (Å²) in [5.41, 5.74) is 3.77. The third kappa shape index (κ3) is 1.78. The minimum absolute atomic E-state index is 0.140. The first-order valence-electron chi connectivity index (χ1n) is 5.99. The van der Waals surface area contributed by atoms with Crippen molar-refractivity contribution in [3.05, 3.63) is 64.3 Å². The monoisotopic (exact) mass is 252 g/mol. The third-order valence-electron chi connectivity index (χ3n) is 3.25. The van der Waals surface area contributed by atoms with Gasteiger partial charge in [-0.2, -0.15) is 0 Å². The predicted molar refractivity (Wildman–Crippen MR) is 75.1 cm³/mol. The maximum Gasteiger partial charge on any atom is 0.279 e. The molecule has 4 nitrogen and oxygen atoms in total. The molecule has 19 heavy (non-hydrogen) atoms. The Morgan fingerprint density at radius 2 is 1.79 bits per heavy atom. The standard InChI is InChI=1S/C15H12N2O2/c1-10-14(11-6-3-2-4-7-11)15-12(16-10)8-5-9-13(15)17(18)19/h2-9,16H,1H3. The van der Waals surface area contributed by atoms with Gasteiger partial charge < -0.3 is 4.98 Å². The van der Waals surface area contributed by atoms with E-state index in [2.05, 4.69) is 4.98 Å². The summed E-state index contributed by atoms with van der Waals surface area (Å²) in [6, 6.07) is 14.8. The average Bonchev–Trinajstić information content (AvgIpc) is 2.75. The van der Waals surface area contributed by atoms with E-state index in [0.717, 1.165) is 22.3 Å². The molecule has 1 N–H and O–H groups in total. The zero-order valence-corrected chi connectivity index (χ0v) is 10.4. The van der Waals surface area contributed by atoms with Gasteiger partial charge in [0.05, 0.1) is 15.8 Å². The van der Waals surface area contributed by atoms with E-state index in [-0.39, 0.29) is 10.6 Å². The molecule has 94 valence electrons. The van der Waals surface area contributed by atoms with Crippen LogP contribution in [0.1, 0.15) is 5.69 Å². The second-order valence-corrected chi connectivity index (χ2v) is 4.45. The SMILES string of the molecule is Cc1[nH]c2cccc([N+](=O)[O-])c2c1-c1ccccc1.